The molecule has 17 heteroatoms. The van der Waals surface area contributed by atoms with Gasteiger partial charge in [-0.2, -0.15) is 20.4 Å². The lowest BCUT2D eigenvalue weighted by Gasteiger charge is -2.22. The molecule has 0 saturated carbocycles. The molecule has 0 radical (unpaired) electrons. The largest absolute Gasteiger partial charge is 0.490 e. The molecule has 2 unspecified atom stereocenters. The van der Waals surface area contributed by atoms with Crippen molar-refractivity contribution in [3.8, 4) is 11.5 Å². The average molecular weight is 1090 g/mol. The van der Waals surface area contributed by atoms with Crippen molar-refractivity contribution in [3.05, 3.63) is 144 Å². The Morgan fingerprint density at radius 3 is 1.56 bits per heavy atom. The summed E-state index contributed by atoms with van der Waals surface area (Å²) in [6, 6.07) is 41.6. The molecule has 398 valence electrons. The second kappa shape index (κ2) is 26.4. The Balaban J connectivity index is 0.782. The van der Waals surface area contributed by atoms with E-state index in [4.69, 9.17) is 9.47 Å². The van der Waals surface area contributed by atoms with E-state index >= 15 is 0 Å². The maximum atomic E-state index is 11.1. The molecule has 14 nitrogen and oxygen atoms in total. The number of thioether (sulfide) groups is 2. The molecule has 0 amide bonds. The highest BCUT2D eigenvalue weighted by molar-refractivity contribution is 8.03. The Morgan fingerprint density at radius 1 is 0.519 bits per heavy atom. The molecular weight excluding hydrogens is 1020 g/mol. The molecule has 3 aromatic heterocycles. The van der Waals surface area contributed by atoms with Crippen LogP contribution >= 0.6 is 34.9 Å². The van der Waals surface area contributed by atoms with Crippen LogP contribution in [0.15, 0.2) is 150 Å². The smallest absolute Gasteiger partial charge is 0.175 e. The lowest BCUT2D eigenvalue weighted by atomic mass is 10.1. The summed E-state index contributed by atoms with van der Waals surface area (Å²) in [5.41, 5.74) is 10.3. The van der Waals surface area contributed by atoms with Crippen LogP contribution in [0.4, 0.5) is 11.4 Å². The Morgan fingerprint density at radius 2 is 1.00 bits per heavy atom. The standard InChI is InChI=1S/C60H66N10O4S3/c1-7-67(8-2)45-27-25-42(34-62-61-33-41-24-29-54-51(30-41)49-19-13-15-21-52(49)69(54)11-5)56(31-45)73-37-47(71)39-75-59-65-66-60(77-59)76-40-48(72)38-74-57-32-46(68(9-3)10-4)28-26-43(57)35-63-64-36-44-18-17-23-55-58(44)50-20-14-16-22-53(50)70(55)12-6/h13-36,47-48,71-72H,7-12,37-40H2,1-6H3. The highest BCUT2D eigenvalue weighted by Gasteiger charge is 2.17. The Hall–Kier alpha value is -7.02. The van der Waals surface area contributed by atoms with E-state index in [-0.39, 0.29) is 13.2 Å². The number of rotatable bonds is 26. The molecule has 9 aromatic rings. The van der Waals surface area contributed by atoms with Gasteiger partial charge in [-0.1, -0.05) is 89.5 Å². The number of hydrogen-bond acceptors (Lipinski definition) is 15. The fourth-order valence-electron chi connectivity index (χ4n) is 9.65. The van der Waals surface area contributed by atoms with Gasteiger partial charge in [-0.05, 0) is 102 Å². The fourth-order valence-corrected chi connectivity index (χ4v) is 12.5. The number of hydrogen-bond donors (Lipinski definition) is 2. The van der Waals surface area contributed by atoms with E-state index in [1.165, 1.54) is 73.1 Å². The van der Waals surface area contributed by atoms with E-state index in [1.54, 1.807) is 24.9 Å². The fraction of sp³-hybridized carbons (Fsp3) is 0.300. The topological polar surface area (TPSA) is 150 Å². The van der Waals surface area contributed by atoms with Crippen molar-refractivity contribution in [2.75, 3.05) is 60.7 Å². The molecule has 77 heavy (non-hydrogen) atoms. The molecule has 0 spiro atoms. The monoisotopic (exact) mass is 1090 g/mol. The number of aryl methyl sites for hydroxylation is 2. The Bertz CT molecular complexity index is 3560. The zero-order chi connectivity index (χ0) is 53.7. The van der Waals surface area contributed by atoms with Crippen molar-refractivity contribution in [1.29, 1.82) is 0 Å². The van der Waals surface area contributed by atoms with Crippen LogP contribution < -0.4 is 19.3 Å². The number of ether oxygens (including phenoxy) is 2. The van der Waals surface area contributed by atoms with Crippen molar-refractivity contribution in [1.82, 2.24) is 19.3 Å². The van der Waals surface area contributed by atoms with E-state index in [0.717, 1.165) is 78.3 Å². The third-order valence-electron chi connectivity index (χ3n) is 13.5. The number of aromatic nitrogens is 4. The summed E-state index contributed by atoms with van der Waals surface area (Å²) in [6.07, 6.45) is 5.38. The summed E-state index contributed by atoms with van der Waals surface area (Å²) in [6.45, 7) is 18.1. The summed E-state index contributed by atoms with van der Waals surface area (Å²) in [7, 11) is 0. The van der Waals surface area contributed by atoms with E-state index < -0.39 is 12.2 Å². The molecule has 0 aliphatic heterocycles. The van der Waals surface area contributed by atoms with Crippen molar-refractivity contribution >= 4 is 115 Å². The van der Waals surface area contributed by atoms with E-state index in [9.17, 15) is 10.2 Å². The molecule has 2 N–H and O–H groups in total. The molecule has 0 saturated heterocycles. The summed E-state index contributed by atoms with van der Waals surface area (Å²) in [5, 5.41) is 53.5. The van der Waals surface area contributed by atoms with Crippen LogP contribution in [0.3, 0.4) is 0 Å². The van der Waals surface area contributed by atoms with Crippen LogP contribution in [-0.2, 0) is 13.1 Å². The molecule has 0 fully saturated rings. The number of benzene rings is 6. The third kappa shape index (κ3) is 12.9. The first kappa shape index (κ1) is 54.8. The van der Waals surface area contributed by atoms with Crippen molar-refractivity contribution in [2.24, 2.45) is 20.4 Å². The molecule has 0 aliphatic rings. The van der Waals surface area contributed by atoms with Gasteiger partial charge >= 0.3 is 0 Å². The SMILES string of the molecule is CCN(CC)c1ccc(C=NN=Cc2ccc3c(c2)c2ccccc2n3CC)c(OCC(O)CSc2nnc(SCC(O)COc3cc(N(CC)CC)ccc3C=NN=Cc3cccc4c3c3ccccc3n4CC)s2)c1. The number of nitrogens with zero attached hydrogens (tertiary/aromatic N) is 10. The van der Waals surface area contributed by atoms with Gasteiger partial charge in [0.2, 0.25) is 0 Å². The molecule has 3 heterocycles. The van der Waals surface area contributed by atoms with Crippen LogP contribution in [0.5, 0.6) is 11.5 Å². The van der Waals surface area contributed by atoms with E-state index in [2.05, 4.69) is 188 Å². The van der Waals surface area contributed by atoms with Crippen LogP contribution in [0.1, 0.15) is 63.8 Å². The summed E-state index contributed by atoms with van der Waals surface area (Å²) in [5.74, 6) is 1.92. The van der Waals surface area contributed by atoms with Gasteiger partial charge in [0.1, 0.15) is 24.7 Å². The van der Waals surface area contributed by atoms with Crippen molar-refractivity contribution in [2.45, 2.75) is 75.5 Å². The Kier molecular flexibility index (Phi) is 18.7. The number of fused-ring (bicyclic) bond motifs is 6. The highest BCUT2D eigenvalue weighted by Crippen LogP contribution is 2.34. The van der Waals surface area contributed by atoms with E-state index in [0.29, 0.717) is 31.7 Å². The normalized spacial score (nSPS) is 13.0. The van der Waals surface area contributed by atoms with Crippen LogP contribution in [0.25, 0.3) is 43.6 Å². The predicted molar refractivity (Wildman–Crippen MR) is 325 cm³/mol. The zero-order valence-electron chi connectivity index (χ0n) is 44.5. The van der Waals surface area contributed by atoms with Gasteiger partial charge in [-0.3, -0.25) is 0 Å². The summed E-state index contributed by atoms with van der Waals surface area (Å²) < 4.78 is 18.7. The molecule has 6 aromatic carbocycles. The lowest BCUT2D eigenvalue weighted by Crippen LogP contribution is -2.23. The zero-order valence-corrected chi connectivity index (χ0v) is 46.9. The third-order valence-corrected chi connectivity index (χ3v) is 17.0. The van der Waals surface area contributed by atoms with Gasteiger partial charge in [-0.15, -0.1) is 10.2 Å². The first-order chi connectivity index (χ1) is 37.7. The molecular formula is C60H66N10O4S3. The van der Waals surface area contributed by atoms with Crippen LogP contribution in [-0.4, -0.2) is 118 Å². The maximum Gasteiger partial charge on any atom is 0.175 e. The average Bonchev–Trinajstić information content (AvgIpc) is 4.30. The van der Waals surface area contributed by atoms with Crippen molar-refractivity contribution in [3.63, 3.8) is 0 Å². The number of aliphatic hydroxyl groups is 2. The first-order valence-electron chi connectivity index (χ1n) is 26.4. The quantitative estimate of drug-likeness (QED) is 0.0305. The highest BCUT2D eigenvalue weighted by atomic mass is 32.2. The maximum absolute atomic E-state index is 11.1. The van der Waals surface area contributed by atoms with Crippen LogP contribution in [0, 0.1) is 0 Å². The second-order valence-electron chi connectivity index (χ2n) is 18.2. The van der Waals surface area contributed by atoms with Gasteiger partial charge in [0, 0.05) is 135 Å². The minimum atomic E-state index is -0.790. The number of anilines is 2. The van der Waals surface area contributed by atoms with Gasteiger partial charge < -0.3 is 38.6 Å². The van der Waals surface area contributed by atoms with Gasteiger partial charge in [0.05, 0.1) is 37.1 Å². The number of aliphatic hydroxyl groups excluding tert-OH is 2. The minimum Gasteiger partial charge on any atom is -0.490 e. The van der Waals surface area contributed by atoms with Crippen LogP contribution in [0.2, 0.25) is 0 Å². The van der Waals surface area contributed by atoms with Gasteiger partial charge in [0.25, 0.3) is 0 Å². The van der Waals surface area contributed by atoms with E-state index in [1.807, 2.05) is 24.3 Å². The molecule has 2 atom stereocenters. The first-order valence-corrected chi connectivity index (χ1v) is 29.1. The molecule has 0 aliphatic carbocycles. The number of para-hydroxylation sites is 2. The van der Waals surface area contributed by atoms with Gasteiger partial charge in [-0.25, -0.2) is 0 Å². The summed E-state index contributed by atoms with van der Waals surface area (Å²) in [4.78, 5) is 4.49. The predicted octanol–water partition coefficient (Wildman–Crippen LogP) is 12.5. The molecule has 0 bridgehead atoms. The van der Waals surface area contributed by atoms with Gasteiger partial charge in [0.15, 0.2) is 8.68 Å². The Labute approximate surface area is 462 Å². The molecule has 9 rings (SSSR count). The minimum absolute atomic E-state index is 0.0662. The lowest BCUT2D eigenvalue weighted by molar-refractivity contribution is 0.126. The second-order valence-corrected chi connectivity index (χ2v) is 21.7. The summed E-state index contributed by atoms with van der Waals surface area (Å²) >= 11 is 4.25. The van der Waals surface area contributed by atoms with Crippen molar-refractivity contribution < 1.29 is 19.7 Å².